The van der Waals surface area contributed by atoms with Gasteiger partial charge in [-0.1, -0.05) is 0 Å². The number of methoxy groups -OCH3 is 1. The topological polar surface area (TPSA) is 85.6 Å². The molecule has 2 rings (SSSR count). The van der Waals surface area contributed by atoms with Crippen LogP contribution in [0.3, 0.4) is 0 Å². The highest BCUT2D eigenvalue weighted by molar-refractivity contribution is 5.95. The number of carbonyl (C=O) groups is 1. The third-order valence-corrected chi connectivity index (χ3v) is 3.64. The summed E-state index contributed by atoms with van der Waals surface area (Å²) in [6, 6.07) is 5.20. The van der Waals surface area contributed by atoms with Crippen molar-refractivity contribution in [2.24, 2.45) is 0 Å². The molecule has 0 bridgehead atoms. The molecule has 0 spiro atoms. The minimum atomic E-state index is -0.300. The second-order valence-electron chi connectivity index (χ2n) is 4.92. The molecule has 1 aliphatic rings. The zero-order valence-corrected chi connectivity index (χ0v) is 11.9. The zero-order chi connectivity index (χ0) is 14.6. The fourth-order valence-electron chi connectivity index (χ4n) is 2.23. The van der Waals surface area contributed by atoms with Crippen LogP contribution < -0.4 is 16.4 Å². The lowest BCUT2D eigenvalue weighted by Gasteiger charge is -2.26. The molecule has 0 aromatic heterocycles. The number of nitrogen functional groups attached to an aromatic ring is 1. The number of ether oxygens (including phenoxy) is 2. The molecule has 0 aliphatic carbocycles. The van der Waals surface area contributed by atoms with E-state index in [-0.39, 0.29) is 11.5 Å². The third-order valence-electron chi connectivity index (χ3n) is 3.64. The first-order valence-electron chi connectivity index (χ1n) is 6.58. The number of nitrogens with one attached hydrogen (secondary N) is 2. The number of anilines is 2. The zero-order valence-electron chi connectivity index (χ0n) is 11.9. The second-order valence-corrected chi connectivity index (χ2v) is 4.92. The van der Waals surface area contributed by atoms with Crippen LogP contribution in [-0.2, 0) is 9.47 Å². The molecule has 6 nitrogen and oxygen atoms in total. The van der Waals surface area contributed by atoms with E-state index in [9.17, 15) is 4.79 Å². The molecular weight excluding hydrogens is 258 g/mol. The fourth-order valence-corrected chi connectivity index (χ4v) is 2.23. The molecular formula is C14H21N3O3. The van der Waals surface area contributed by atoms with Crippen LogP contribution in [0.25, 0.3) is 0 Å². The Morgan fingerprint density at radius 1 is 1.55 bits per heavy atom. The van der Waals surface area contributed by atoms with Crippen LogP contribution in [0.1, 0.15) is 16.8 Å². The molecule has 0 radical (unpaired) electrons. The van der Waals surface area contributed by atoms with Crippen molar-refractivity contribution in [1.29, 1.82) is 0 Å². The van der Waals surface area contributed by atoms with Gasteiger partial charge in [0.05, 0.1) is 18.0 Å². The highest BCUT2D eigenvalue weighted by Gasteiger charge is 2.34. The SMILES string of the molecule is CNC(=O)c1ccc(NCC2(OC)CCOC2)c(N)c1. The first-order valence-corrected chi connectivity index (χ1v) is 6.58. The van der Waals surface area contributed by atoms with Crippen molar-refractivity contribution in [2.45, 2.75) is 12.0 Å². The van der Waals surface area contributed by atoms with Crippen LogP contribution in [0.4, 0.5) is 11.4 Å². The number of rotatable bonds is 5. The molecule has 0 saturated carbocycles. The van der Waals surface area contributed by atoms with E-state index in [1.165, 1.54) is 0 Å². The van der Waals surface area contributed by atoms with Gasteiger partial charge in [-0.05, 0) is 18.2 Å². The molecule has 4 N–H and O–H groups in total. The average molecular weight is 279 g/mol. The van der Waals surface area contributed by atoms with Crippen LogP contribution in [0.2, 0.25) is 0 Å². The van der Waals surface area contributed by atoms with Crippen molar-refractivity contribution in [3.8, 4) is 0 Å². The van der Waals surface area contributed by atoms with Gasteiger partial charge in [-0.3, -0.25) is 4.79 Å². The highest BCUT2D eigenvalue weighted by Crippen LogP contribution is 2.25. The minimum Gasteiger partial charge on any atom is -0.397 e. The third kappa shape index (κ3) is 3.02. The van der Waals surface area contributed by atoms with Gasteiger partial charge in [0.25, 0.3) is 5.91 Å². The van der Waals surface area contributed by atoms with Crippen LogP contribution in [0, 0.1) is 0 Å². The number of benzene rings is 1. The summed E-state index contributed by atoms with van der Waals surface area (Å²) in [4.78, 5) is 11.5. The Bertz CT molecular complexity index is 485. The van der Waals surface area contributed by atoms with E-state index in [4.69, 9.17) is 15.2 Å². The van der Waals surface area contributed by atoms with Crippen molar-refractivity contribution >= 4 is 17.3 Å². The maximum Gasteiger partial charge on any atom is 0.251 e. The number of amides is 1. The lowest BCUT2D eigenvalue weighted by molar-refractivity contribution is -0.00618. The maximum atomic E-state index is 11.5. The van der Waals surface area contributed by atoms with Crippen LogP contribution >= 0.6 is 0 Å². The Labute approximate surface area is 118 Å². The number of hydrogen-bond donors (Lipinski definition) is 3. The fraction of sp³-hybridized carbons (Fsp3) is 0.500. The molecule has 110 valence electrons. The second kappa shape index (κ2) is 6.11. The van der Waals surface area contributed by atoms with E-state index in [1.807, 2.05) is 0 Å². The van der Waals surface area contributed by atoms with Crippen LogP contribution in [0.15, 0.2) is 18.2 Å². The van der Waals surface area contributed by atoms with E-state index < -0.39 is 0 Å². The van der Waals surface area contributed by atoms with Gasteiger partial charge in [-0.25, -0.2) is 0 Å². The molecule has 1 fully saturated rings. The van der Waals surface area contributed by atoms with E-state index >= 15 is 0 Å². The Kier molecular flexibility index (Phi) is 4.46. The predicted molar refractivity (Wildman–Crippen MR) is 77.9 cm³/mol. The molecule has 1 aliphatic heterocycles. The van der Waals surface area contributed by atoms with Gasteiger partial charge in [0.2, 0.25) is 0 Å². The van der Waals surface area contributed by atoms with Crippen molar-refractivity contribution in [2.75, 3.05) is 45.0 Å². The summed E-state index contributed by atoms with van der Waals surface area (Å²) in [5, 5.41) is 5.84. The average Bonchev–Trinajstić information content (AvgIpc) is 2.94. The molecule has 1 aromatic rings. The minimum absolute atomic E-state index is 0.152. The number of nitrogens with two attached hydrogens (primary N) is 1. The van der Waals surface area contributed by atoms with Crippen LogP contribution in [0.5, 0.6) is 0 Å². The van der Waals surface area contributed by atoms with Crippen molar-refractivity contribution in [3.05, 3.63) is 23.8 Å². The molecule has 1 aromatic carbocycles. The predicted octanol–water partition coefficient (Wildman–Crippen LogP) is 0.846. The van der Waals surface area contributed by atoms with Crippen molar-refractivity contribution < 1.29 is 14.3 Å². The summed E-state index contributed by atoms with van der Waals surface area (Å²) in [5.74, 6) is -0.152. The van der Waals surface area contributed by atoms with Crippen LogP contribution in [-0.4, -0.2) is 45.4 Å². The number of carbonyl (C=O) groups excluding carboxylic acids is 1. The molecule has 20 heavy (non-hydrogen) atoms. The summed E-state index contributed by atoms with van der Waals surface area (Å²) in [6.07, 6.45) is 0.854. The monoisotopic (exact) mass is 279 g/mol. The molecule has 1 saturated heterocycles. The van der Waals surface area contributed by atoms with Gasteiger partial charge in [0.1, 0.15) is 5.60 Å². The van der Waals surface area contributed by atoms with Gasteiger partial charge in [-0.15, -0.1) is 0 Å². The van der Waals surface area contributed by atoms with Gasteiger partial charge < -0.3 is 25.8 Å². The molecule has 1 atom stereocenters. The molecule has 1 unspecified atom stereocenters. The summed E-state index contributed by atoms with van der Waals surface area (Å²) < 4.78 is 10.9. The van der Waals surface area contributed by atoms with Gasteiger partial charge >= 0.3 is 0 Å². The van der Waals surface area contributed by atoms with E-state index in [2.05, 4.69) is 10.6 Å². The molecule has 6 heteroatoms. The van der Waals surface area contributed by atoms with Gasteiger partial charge in [-0.2, -0.15) is 0 Å². The van der Waals surface area contributed by atoms with Crippen molar-refractivity contribution in [3.63, 3.8) is 0 Å². The Balaban J connectivity index is 2.04. The number of hydrogen-bond acceptors (Lipinski definition) is 5. The van der Waals surface area contributed by atoms with E-state index in [0.29, 0.717) is 31.0 Å². The lowest BCUT2D eigenvalue weighted by Crippen LogP contribution is -2.39. The molecule has 1 heterocycles. The van der Waals surface area contributed by atoms with E-state index in [1.54, 1.807) is 32.4 Å². The largest absolute Gasteiger partial charge is 0.397 e. The Hall–Kier alpha value is -1.79. The normalized spacial score (nSPS) is 21.7. The standard InChI is InChI=1S/C14H21N3O3/c1-16-13(18)10-3-4-12(11(15)7-10)17-8-14(19-2)5-6-20-9-14/h3-4,7,17H,5-6,8-9,15H2,1-2H3,(H,16,18). The summed E-state index contributed by atoms with van der Waals surface area (Å²) in [7, 11) is 3.28. The summed E-state index contributed by atoms with van der Waals surface area (Å²) in [6.45, 7) is 1.90. The smallest absolute Gasteiger partial charge is 0.251 e. The first kappa shape index (κ1) is 14.6. The van der Waals surface area contributed by atoms with E-state index in [0.717, 1.165) is 12.1 Å². The Morgan fingerprint density at radius 3 is 2.90 bits per heavy atom. The first-order chi connectivity index (χ1) is 9.60. The quantitative estimate of drug-likeness (QED) is 0.696. The lowest BCUT2D eigenvalue weighted by atomic mass is 10.0. The Morgan fingerprint density at radius 2 is 2.35 bits per heavy atom. The molecule has 1 amide bonds. The van der Waals surface area contributed by atoms with Gasteiger partial charge in [0.15, 0.2) is 0 Å². The van der Waals surface area contributed by atoms with Crippen molar-refractivity contribution in [1.82, 2.24) is 5.32 Å². The summed E-state index contributed by atoms with van der Waals surface area (Å²) >= 11 is 0. The van der Waals surface area contributed by atoms with Gasteiger partial charge in [0, 0.05) is 39.3 Å². The maximum absolute atomic E-state index is 11.5. The summed E-state index contributed by atoms with van der Waals surface area (Å²) in [5.41, 5.74) is 7.54. The highest BCUT2D eigenvalue weighted by atomic mass is 16.5.